The van der Waals surface area contributed by atoms with Crippen LogP contribution in [0.3, 0.4) is 0 Å². The Kier molecular flexibility index (Phi) is 5.62. The van der Waals surface area contributed by atoms with Gasteiger partial charge in [0.2, 0.25) is 5.91 Å². The van der Waals surface area contributed by atoms with Crippen LogP contribution in [0.1, 0.15) is 59.3 Å². The van der Waals surface area contributed by atoms with Crippen LogP contribution >= 0.6 is 0 Å². The minimum Gasteiger partial charge on any atom is -0.343 e. The second-order valence-electron chi connectivity index (χ2n) is 7.57. The van der Waals surface area contributed by atoms with Crippen molar-refractivity contribution < 1.29 is 24.0 Å². The lowest BCUT2D eigenvalue weighted by molar-refractivity contribution is -0.197. The van der Waals surface area contributed by atoms with Crippen molar-refractivity contribution >= 4 is 23.7 Å². The Morgan fingerprint density at radius 3 is 2.08 bits per heavy atom. The lowest BCUT2D eigenvalue weighted by Gasteiger charge is -2.38. The molecular formula is C17H26N2O5. The number of hydrogen-bond acceptors (Lipinski definition) is 5. The first-order chi connectivity index (χ1) is 11.2. The molecule has 134 valence electrons. The zero-order valence-electron chi connectivity index (χ0n) is 14.7. The van der Waals surface area contributed by atoms with E-state index in [0.717, 1.165) is 12.8 Å². The van der Waals surface area contributed by atoms with E-state index in [1.54, 1.807) is 4.90 Å². The molecule has 24 heavy (non-hydrogen) atoms. The summed E-state index contributed by atoms with van der Waals surface area (Å²) in [5.41, 5.74) is 0.244. The number of rotatable bonds is 4. The Morgan fingerprint density at radius 1 is 1.04 bits per heavy atom. The molecule has 2 fully saturated rings. The zero-order valence-corrected chi connectivity index (χ0v) is 14.7. The van der Waals surface area contributed by atoms with E-state index in [0.29, 0.717) is 24.1 Å². The highest BCUT2D eigenvalue weighted by molar-refractivity contribution is 6.01. The molecule has 0 N–H and O–H groups in total. The minimum atomic E-state index is -0.725. The number of carbonyl (C=O) groups is 4. The molecule has 7 heteroatoms. The number of carbonyl (C=O) groups excluding carboxylic acids is 4. The predicted octanol–water partition coefficient (Wildman–Crippen LogP) is 1.66. The van der Waals surface area contributed by atoms with Crippen LogP contribution < -0.4 is 0 Å². The number of hydrogen-bond donors (Lipinski definition) is 0. The average molecular weight is 338 g/mol. The summed E-state index contributed by atoms with van der Waals surface area (Å²) in [5, 5.41) is 0.516. The Bertz CT molecular complexity index is 514. The molecule has 2 rings (SSSR count). The molecule has 0 radical (unpaired) electrons. The summed E-state index contributed by atoms with van der Waals surface area (Å²) in [7, 11) is 0. The van der Waals surface area contributed by atoms with Crippen molar-refractivity contribution in [2.75, 3.05) is 13.1 Å². The van der Waals surface area contributed by atoms with Gasteiger partial charge in [0.25, 0.3) is 11.8 Å². The summed E-state index contributed by atoms with van der Waals surface area (Å²) < 4.78 is 0. The van der Waals surface area contributed by atoms with Crippen LogP contribution in [-0.2, 0) is 24.0 Å². The van der Waals surface area contributed by atoms with E-state index in [9.17, 15) is 19.2 Å². The molecule has 3 amide bonds. The van der Waals surface area contributed by atoms with Crippen LogP contribution in [0.5, 0.6) is 0 Å². The monoisotopic (exact) mass is 338 g/mol. The van der Waals surface area contributed by atoms with E-state index in [2.05, 4.69) is 20.8 Å². The second-order valence-corrected chi connectivity index (χ2v) is 7.57. The summed E-state index contributed by atoms with van der Waals surface area (Å²) in [6.07, 6.45) is 1.97. The lowest BCUT2D eigenvalue weighted by Crippen LogP contribution is -2.41. The summed E-state index contributed by atoms with van der Waals surface area (Å²) in [6, 6.07) is 0. The molecule has 0 saturated carbocycles. The fourth-order valence-corrected chi connectivity index (χ4v) is 3.17. The number of imide groups is 1. The molecule has 0 atom stereocenters. The molecule has 2 saturated heterocycles. The van der Waals surface area contributed by atoms with Crippen molar-refractivity contribution in [3.63, 3.8) is 0 Å². The van der Waals surface area contributed by atoms with Crippen LogP contribution in [0.4, 0.5) is 0 Å². The Hall–Kier alpha value is -1.92. The first kappa shape index (κ1) is 18.4. The van der Waals surface area contributed by atoms with Crippen LogP contribution in [0, 0.1) is 11.3 Å². The number of nitrogens with zero attached hydrogens (tertiary/aromatic N) is 2. The van der Waals surface area contributed by atoms with Gasteiger partial charge in [0.1, 0.15) is 0 Å². The van der Waals surface area contributed by atoms with E-state index in [1.807, 2.05) is 0 Å². The number of piperidine rings is 1. The summed E-state index contributed by atoms with van der Waals surface area (Å²) in [5.74, 6) is -1.23. The van der Waals surface area contributed by atoms with Gasteiger partial charge in [0.05, 0.1) is 6.42 Å². The molecule has 0 unspecified atom stereocenters. The van der Waals surface area contributed by atoms with Gasteiger partial charge < -0.3 is 9.74 Å². The van der Waals surface area contributed by atoms with E-state index < -0.39 is 17.8 Å². The largest absolute Gasteiger partial charge is 0.343 e. The molecule has 2 heterocycles. The Morgan fingerprint density at radius 2 is 1.58 bits per heavy atom. The third-order valence-corrected chi connectivity index (χ3v) is 4.81. The smallest absolute Gasteiger partial charge is 0.333 e. The van der Waals surface area contributed by atoms with Gasteiger partial charge in [-0.15, -0.1) is 5.06 Å². The molecule has 0 bridgehead atoms. The van der Waals surface area contributed by atoms with Crippen molar-refractivity contribution in [2.45, 2.75) is 59.3 Å². The third kappa shape index (κ3) is 4.55. The highest BCUT2D eigenvalue weighted by Crippen LogP contribution is 2.34. The van der Waals surface area contributed by atoms with Crippen LogP contribution in [0.25, 0.3) is 0 Å². The quantitative estimate of drug-likeness (QED) is 0.728. The number of likely N-dealkylation sites (tertiary alicyclic amines) is 1. The van der Waals surface area contributed by atoms with Gasteiger partial charge >= 0.3 is 5.97 Å². The topological polar surface area (TPSA) is 84.0 Å². The normalized spacial score (nSPS) is 19.8. The second kappa shape index (κ2) is 7.32. The van der Waals surface area contributed by atoms with Gasteiger partial charge in [0.15, 0.2) is 0 Å². The maximum Gasteiger partial charge on any atom is 0.333 e. The van der Waals surface area contributed by atoms with Gasteiger partial charge in [-0.1, -0.05) is 20.8 Å². The fourth-order valence-electron chi connectivity index (χ4n) is 3.17. The van der Waals surface area contributed by atoms with Crippen molar-refractivity contribution in [3.05, 3.63) is 0 Å². The first-order valence-electron chi connectivity index (χ1n) is 8.53. The molecule has 0 aromatic rings. The van der Waals surface area contributed by atoms with Crippen molar-refractivity contribution in [1.82, 2.24) is 9.96 Å². The molecule has 7 nitrogen and oxygen atoms in total. The zero-order chi connectivity index (χ0) is 17.9. The molecule has 2 aliphatic rings. The Labute approximate surface area is 142 Å². The van der Waals surface area contributed by atoms with E-state index in [1.165, 1.54) is 0 Å². The van der Waals surface area contributed by atoms with Gasteiger partial charge in [-0.2, -0.15) is 0 Å². The van der Waals surface area contributed by atoms with Crippen LogP contribution in [-0.4, -0.2) is 46.7 Å². The molecule has 0 aromatic heterocycles. The molecule has 0 aliphatic carbocycles. The molecule has 2 aliphatic heterocycles. The van der Waals surface area contributed by atoms with Crippen molar-refractivity contribution in [3.8, 4) is 0 Å². The van der Waals surface area contributed by atoms with Gasteiger partial charge in [0, 0.05) is 32.4 Å². The van der Waals surface area contributed by atoms with Gasteiger partial charge in [-0.25, -0.2) is 4.79 Å². The number of amides is 3. The predicted molar refractivity (Wildman–Crippen MR) is 85.2 cm³/mol. The summed E-state index contributed by atoms with van der Waals surface area (Å²) in [6.45, 7) is 8.06. The third-order valence-electron chi connectivity index (χ3n) is 4.81. The van der Waals surface area contributed by atoms with Crippen LogP contribution in [0.2, 0.25) is 0 Å². The number of hydroxylamine groups is 2. The fraction of sp³-hybridized carbons (Fsp3) is 0.765. The molecule has 0 aromatic carbocycles. The highest BCUT2D eigenvalue weighted by Gasteiger charge is 2.33. The van der Waals surface area contributed by atoms with Crippen molar-refractivity contribution in [1.29, 1.82) is 0 Å². The summed E-state index contributed by atoms with van der Waals surface area (Å²) in [4.78, 5) is 53.2. The maximum absolute atomic E-state index is 12.2. The van der Waals surface area contributed by atoms with Crippen LogP contribution in [0.15, 0.2) is 0 Å². The lowest BCUT2D eigenvalue weighted by atomic mass is 9.75. The minimum absolute atomic E-state index is 0.0369. The molecular weight excluding hydrogens is 312 g/mol. The van der Waals surface area contributed by atoms with E-state index >= 15 is 0 Å². The SMILES string of the molecule is CC(C)(C)C1CCN(C(=O)CCC(=O)ON2C(=O)CCC2=O)CC1. The van der Waals surface area contributed by atoms with E-state index in [-0.39, 0.29) is 37.0 Å². The summed E-state index contributed by atoms with van der Waals surface area (Å²) >= 11 is 0. The van der Waals surface area contributed by atoms with E-state index in [4.69, 9.17) is 4.84 Å². The first-order valence-corrected chi connectivity index (χ1v) is 8.53. The maximum atomic E-state index is 12.2. The van der Waals surface area contributed by atoms with Gasteiger partial charge in [-0.05, 0) is 24.2 Å². The van der Waals surface area contributed by atoms with Gasteiger partial charge in [-0.3, -0.25) is 14.4 Å². The molecule has 0 spiro atoms. The average Bonchev–Trinajstić information content (AvgIpc) is 2.84. The van der Waals surface area contributed by atoms with Crippen molar-refractivity contribution in [2.24, 2.45) is 11.3 Å². The highest BCUT2D eigenvalue weighted by atomic mass is 16.7. The standard InChI is InChI=1S/C17H26N2O5/c1-17(2,3)12-8-10-18(11-9-12)13(20)6-7-16(23)24-19-14(21)4-5-15(19)22/h12H,4-11H2,1-3H3. The Balaban J connectivity index is 1.72.